The number of hydrogen-bond acceptors (Lipinski definition) is 4. The maximum atomic E-state index is 11.7. The highest BCUT2D eigenvalue weighted by Crippen LogP contribution is 2.26. The molecule has 1 aliphatic heterocycles. The summed E-state index contributed by atoms with van der Waals surface area (Å²) < 4.78 is 7.90. The molecule has 0 atom stereocenters. The van der Waals surface area contributed by atoms with Crippen LogP contribution >= 0.6 is 11.3 Å². The number of carbonyl (C=O) groups excluding carboxylic acids is 1. The summed E-state index contributed by atoms with van der Waals surface area (Å²) in [4.78, 5) is 19.5. The van der Waals surface area contributed by atoms with Crippen LogP contribution in [0.25, 0.3) is 0 Å². The molecule has 0 saturated carbocycles. The van der Waals surface area contributed by atoms with Crippen LogP contribution in [0, 0.1) is 6.92 Å². The zero-order valence-corrected chi connectivity index (χ0v) is 15.7. The van der Waals surface area contributed by atoms with Crippen molar-refractivity contribution in [2.75, 3.05) is 19.7 Å². The smallest absolute Gasteiger partial charge is 0.222 e. The molecule has 1 aliphatic rings. The largest absolute Gasteiger partial charge is 0.492 e. The molecular formula is C19H25N3O2S. The summed E-state index contributed by atoms with van der Waals surface area (Å²) in [5, 5.41) is 2.13. The fraction of sp³-hybridized carbons (Fsp3) is 0.474. The number of para-hydroxylation sites is 2. The van der Waals surface area contributed by atoms with Crippen LogP contribution in [-0.2, 0) is 11.3 Å². The molecule has 2 heterocycles. The van der Waals surface area contributed by atoms with Crippen molar-refractivity contribution in [1.29, 1.82) is 0 Å². The van der Waals surface area contributed by atoms with Crippen molar-refractivity contribution in [3.8, 4) is 5.75 Å². The number of nitrogens with zero attached hydrogens (tertiary/aromatic N) is 3. The lowest BCUT2D eigenvalue weighted by Gasteiger charge is -2.15. The Morgan fingerprint density at radius 3 is 2.88 bits per heavy atom. The third-order valence-corrected chi connectivity index (χ3v) is 5.34. The Hall–Kier alpha value is -2.08. The summed E-state index contributed by atoms with van der Waals surface area (Å²) in [5.41, 5.74) is 2.06. The number of benzene rings is 1. The van der Waals surface area contributed by atoms with E-state index in [-0.39, 0.29) is 0 Å². The van der Waals surface area contributed by atoms with E-state index >= 15 is 0 Å². The number of rotatable bonds is 7. The second-order valence-corrected chi connectivity index (χ2v) is 7.00. The van der Waals surface area contributed by atoms with E-state index in [1.807, 2.05) is 36.1 Å². The first-order valence-electron chi connectivity index (χ1n) is 8.88. The van der Waals surface area contributed by atoms with Crippen LogP contribution in [0.5, 0.6) is 5.75 Å². The summed E-state index contributed by atoms with van der Waals surface area (Å²) in [6.45, 7) is 7.31. The zero-order valence-electron chi connectivity index (χ0n) is 14.9. The van der Waals surface area contributed by atoms with Crippen LogP contribution in [0.3, 0.4) is 0 Å². The molecule has 3 rings (SSSR count). The van der Waals surface area contributed by atoms with Crippen LogP contribution < -0.4 is 9.54 Å². The molecule has 5 nitrogen and oxygen atoms in total. The lowest BCUT2D eigenvalue weighted by atomic mass is 10.3. The molecule has 2 aromatic rings. The minimum absolute atomic E-state index is 0.294. The molecule has 1 saturated heterocycles. The molecule has 1 aromatic heterocycles. The number of likely N-dealkylation sites (tertiary alicyclic amines) is 1. The zero-order chi connectivity index (χ0) is 17.6. The predicted octanol–water partition coefficient (Wildman–Crippen LogP) is 3.50. The first-order valence-corrected chi connectivity index (χ1v) is 9.76. The Balaban J connectivity index is 1.76. The van der Waals surface area contributed by atoms with E-state index in [0.717, 1.165) is 48.7 Å². The average Bonchev–Trinajstić information content (AvgIpc) is 3.17. The van der Waals surface area contributed by atoms with Gasteiger partial charge in [-0.15, -0.1) is 11.3 Å². The summed E-state index contributed by atoms with van der Waals surface area (Å²) >= 11 is 1.64. The molecule has 134 valence electrons. The molecule has 0 unspecified atom stereocenters. The summed E-state index contributed by atoms with van der Waals surface area (Å²) in [6, 6.07) is 7.87. The molecule has 0 N–H and O–H groups in total. The third kappa shape index (κ3) is 4.31. The minimum atomic E-state index is 0.294. The summed E-state index contributed by atoms with van der Waals surface area (Å²) in [6.07, 6.45) is 2.65. The fourth-order valence-electron chi connectivity index (χ4n) is 3.07. The minimum Gasteiger partial charge on any atom is -0.492 e. The topological polar surface area (TPSA) is 46.8 Å². The Morgan fingerprint density at radius 1 is 1.28 bits per heavy atom. The van der Waals surface area contributed by atoms with Crippen molar-refractivity contribution in [2.24, 2.45) is 4.99 Å². The van der Waals surface area contributed by atoms with Gasteiger partial charge in [0.25, 0.3) is 0 Å². The van der Waals surface area contributed by atoms with Gasteiger partial charge in [-0.25, -0.2) is 4.99 Å². The number of aryl methyl sites for hydroxylation is 1. The van der Waals surface area contributed by atoms with Crippen molar-refractivity contribution < 1.29 is 9.53 Å². The number of thiazole rings is 1. The lowest BCUT2D eigenvalue weighted by molar-refractivity contribution is -0.127. The first kappa shape index (κ1) is 17.7. The molecule has 6 heteroatoms. The standard InChI is InChI=1S/C19H25N3O2S/c1-3-24-17-9-5-4-8-16(17)20-19-22(15(2)14-25-19)13-7-12-21-11-6-10-18(21)23/h4-5,8-9,14H,3,6-7,10-13H2,1-2H3. The van der Waals surface area contributed by atoms with Gasteiger partial charge in [-0.3, -0.25) is 4.79 Å². The van der Waals surface area contributed by atoms with Crippen molar-refractivity contribution in [1.82, 2.24) is 9.47 Å². The number of aromatic nitrogens is 1. The van der Waals surface area contributed by atoms with Crippen LogP contribution in [0.4, 0.5) is 5.69 Å². The quantitative estimate of drug-likeness (QED) is 0.759. The van der Waals surface area contributed by atoms with Gasteiger partial charge in [-0.2, -0.15) is 0 Å². The third-order valence-electron chi connectivity index (χ3n) is 4.35. The number of hydrogen-bond donors (Lipinski definition) is 0. The van der Waals surface area contributed by atoms with Crippen LogP contribution in [0.2, 0.25) is 0 Å². The molecular weight excluding hydrogens is 334 g/mol. The van der Waals surface area contributed by atoms with Crippen LogP contribution in [-0.4, -0.2) is 35.1 Å². The van der Waals surface area contributed by atoms with E-state index in [1.54, 1.807) is 11.3 Å². The van der Waals surface area contributed by atoms with E-state index in [4.69, 9.17) is 9.73 Å². The van der Waals surface area contributed by atoms with Gasteiger partial charge < -0.3 is 14.2 Å². The van der Waals surface area contributed by atoms with E-state index in [9.17, 15) is 4.79 Å². The van der Waals surface area contributed by atoms with E-state index in [0.29, 0.717) is 18.9 Å². The maximum absolute atomic E-state index is 11.7. The second-order valence-electron chi connectivity index (χ2n) is 6.16. The molecule has 0 spiro atoms. The van der Waals surface area contributed by atoms with Crippen molar-refractivity contribution >= 4 is 22.9 Å². The van der Waals surface area contributed by atoms with Gasteiger partial charge >= 0.3 is 0 Å². The second kappa shape index (κ2) is 8.34. The summed E-state index contributed by atoms with van der Waals surface area (Å²) in [5.74, 6) is 1.10. The normalized spacial score (nSPS) is 15.2. The molecule has 0 bridgehead atoms. The highest BCUT2D eigenvalue weighted by Gasteiger charge is 2.19. The Labute approximate surface area is 152 Å². The van der Waals surface area contributed by atoms with Gasteiger partial charge in [0.15, 0.2) is 4.80 Å². The molecule has 25 heavy (non-hydrogen) atoms. The van der Waals surface area contributed by atoms with Gasteiger partial charge in [0.2, 0.25) is 5.91 Å². The lowest BCUT2D eigenvalue weighted by Crippen LogP contribution is -2.27. The molecule has 1 aromatic carbocycles. The highest BCUT2D eigenvalue weighted by atomic mass is 32.1. The van der Waals surface area contributed by atoms with E-state index in [2.05, 4.69) is 16.9 Å². The summed E-state index contributed by atoms with van der Waals surface area (Å²) in [7, 11) is 0. The van der Waals surface area contributed by atoms with Gasteiger partial charge in [-0.1, -0.05) is 12.1 Å². The Bertz CT molecular complexity index is 794. The van der Waals surface area contributed by atoms with Gasteiger partial charge in [0.05, 0.1) is 6.61 Å². The van der Waals surface area contributed by atoms with Gasteiger partial charge in [0.1, 0.15) is 11.4 Å². The average molecular weight is 359 g/mol. The van der Waals surface area contributed by atoms with Gasteiger partial charge in [-0.05, 0) is 38.8 Å². The maximum Gasteiger partial charge on any atom is 0.222 e. The molecule has 1 amide bonds. The first-order chi connectivity index (χ1) is 12.2. The predicted molar refractivity (Wildman–Crippen MR) is 100 cm³/mol. The van der Waals surface area contributed by atoms with Crippen molar-refractivity contribution in [3.63, 3.8) is 0 Å². The van der Waals surface area contributed by atoms with Crippen LogP contribution in [0.1, 0.15) is 31.9 Å². The SMILES string of the molecule is CCOc1ccccc1N=c1scc(C)n1CCCN1CCCC1=O. The van der Waals surface area contributed by atoms with Crippen molar-refractivity contribution in [3.05, 3.63) is 40.1 Å². The fourth-order valence-corrected chi connectivity index (χ4v) is 3.98. The Morgan fingerprint density at radius 2 is 2.12 bits per heavy atom. The van der Waals surface area contributed by atoms with E-state index in [1.165, 1.54) is 5.69 Å². The highest BCUT2D eigenvalue weighted by molar-refractivity contribution is 7.07. The molecule has 1 fully saturated rings. The molecule has 0 aliphatic carbocycles. The van der Waals surface area contributed by atoms with Crippen LogP contribution in [0.15, 0.2) is 34.6 Å². The van der Waals surface area contributed by atoms with Crippen molar-refractivity contribution in [2.45, 2.75) is 39.7 Å². The number of ether oxygens (including phenoxy) is 1. The molecule has 0 radical (unpaired) electrons. The van der Waals surface area contributed by atoms with E-state index < -0.39 is 0 Å². The monoisotopic (exact) mass is 359 g/mol. The number of carbonyl (C=O) groups is 1. The Kier molecular flexibility index (Phi) is 5.91. The van der Waals surface area contributed by atoms with Gasteiger partial charge in [0, 0.05) is 37.1 Å². The number of amides is 1.